The second-order valence-corrected chi connectivity index (χ2v) is 4.39. The fourth-order valence-electron chi connectivity index (χ4n) is 1.74. The van der Waals surface area contributed by atoms with Crippen LogP contribution in [0.5, 0.6) is 0 Å². The van der Waals surface area contributed by atoms with E-state index in [0.717, 1.165) is 11.6 Å². The summed E-state index contributed by atoms with van der Waals surface area (Å²) in [5.74, 6) is -0.299. The van der Waals surface area contributed by atoms with Gasteiger partial charge in [0.2, 0.25) is 0 Å². The van der Waals surface area contributed by atoms with Crippen molar-refractivity contribution < 1.29 is 9.72 Å². The van der Waals surface area contributed by atoms with Crippen molar-refractivity contribution in [3.05, 3.63) is 45.0 Å². The Labute approximate surface area is 115 Å². The minimum Gasteiger partial charge on any atom is -0.321 e. The van der Waals surface area contributed by atoms with E-state index in [1.807, 2.05) is 6.07 Å². The molecule has 1 aromatic carbocycles. The molecule has 1 aliphatic heterocycles. The summed E-state index contributed by atoms with van der Waals surface area (Å²) in [6, 6.07) is 5.61. The average molecular weight is 272 g/mol. The molecule has 7 heteroatoms. The monoisotopic (exact) mass is 272 g/mol. The van der Waals surface area contributed by atoms with Crippen molar-refractivity contribution >= 4 is 17.3 Å². The molecule has 1 heterocycles. The number of anilines is 1. The second kappa shape index (κ2) is 5.50. The fraction of sp³-hybridized carbons (Fsp3) is 0.231. The van der Waals surface area contributed by atoms with E-state index < -0.39 is 4.92 Å². The van der Waals surface area contributed by atoms with Crippen LogP contribution < -0.4 is 10.6 Å². The van der Waals surface area contributed by atoms with Crippen LogP contribution in [-0.4, -0.2) is 23.9 Å². The third-order valence-electron chi connectivity index (χ3n) is 3.13. The van der Waals surface area contributed by atoms with Gasteiger partial charge in [-0.2, -0.15) is 5.26 Å². The Morgan fingerprint density at radius 1 is 1.50 bits per heavy atom. The second-order valence-electron chi connectivity index (χ2n) is 4.39. The van der Waals surface area contributed by atoms with Crippen molar-refractivity contribution in [1.82, 2.24) is 5.32 Å². The number of nitro groups is 1. The lowest BCUT2D eigenvalue weighted by Crippen LogP contribution is -2.36. The predicted molar refractivity (Wildman–Crippen MR) is 72.0 cm³/mol. The Balaban J connectivity index is 2.23. The molecule has 0 bridgehead atoms. The van der Waals surface area contributed by atoms with Gasteiger partial charge in [0, 0.05) is 30.8 Å². The lowest BCUT2D eigenvalue weighted by molar-refractivity contribution is -0.384. The number of benzene rings is 1. The van der Waals surface area contributed by atoms with Crippen molar-refractivity contribution in [1.29, 1.82) is 5.26 Å². The molecule has 0 radical (unpaired) electrons. The van der Waals surface area contributed by atoms with Gasteiger partial charge < -0.3 is 10.6 Å². The maximum absolute atomic E-state index is 12.0. The number of nitro benzene ring substituents is 1. The van der Waals surface area contributed by atoms with Crippen LogP contribution in [0.2, 0.25) is 0 Å². The number of amides is 1. The lowest BCUT2D eigenvalue weighted by Gasteiger charge is -2.21. The van der Waals surface area contributed by atoms with Gasteiger partial charge in [0.05, 0.1) is 16.2 Å². The first kappa shape index (κ1) is 13.7. The predicted octanol–water partition coefficient (Wildman–Crippen LogP) is 1.32. The van der Waals surface area contributed by atoms with Crippen LogP contribution in [-0.2, 0) is 4.79 Å². The summed E-state index contributed by atoms with van der Waals surface area (Å²) >= 11 is 0. The zero-order valence-corrected chi connectivity index (χ0v) is 10.8. The van der Waals surface area contributed by atoms with Crippen LogP contribution in [0.25, 0.3) is 0 Å². The number of non-ortho nitro benzene ring substituents is 1. The average Bonchev–Trinajstić information content (AvgIpc) is 2.36. The van der Waals surface area contributed by atoms with E-state index in [9.17, 15) is 14.9 Å². The van der Waals surface area contributed by atoms with Gasteiger partial charge in [0.15, 0.2) is 0 Å². The highest BCUT2D eigenvalue weighted by atomic mass is 16.6. The zero-order valence-electron chi connectivity index (χ0n) is 10.8. The van der Waals surface area contributed by atoms with E-state index in [-0.39, 0.29) is 22.8 Å². The summed E-state index contributed by atoms with van der Waals surface area (Å²) in [5, 5.41) is 25.3. The molecule has 1 amide bonds. The van der Waals surface area contributed by atoms with Crippen LogP contribution in [0.15, 0.2) is 29.3 Å². The lowest BCUT2D eigenvalue weighted by atomic mass is 10.0. The summed E-state index contributed by atoms with van der Waals surface area (Å²) in [6.07, 6.45) is 0. The molecule has 0 aliphatic carbocycles. The summed E-state index contributed by atoms with van der Waals surface area (Å²) in [7, 11) is 0. The Morgan fingerprint density at radius 2 is 2.20 bits per heavy atom. The van der Waals surface area contributed by atoms with Crippen LogP contribution in [0.3, 0.4) is 0 Å². The molecule has 102 valence electrons. The van der Waals surface area contributed by atoms with Crippen molar-refractivity contribution in [2.75, 3.05) is 18.4 Å². The highest BCUT2D eigenvalue weighted by Crippen LogP contribution is 2.22. The molecule has 1 aromatic rings. The number of nitrogens with zero attached hydrogens (tertiary/aromatic N) is 2. The topological polar surface area (TPSA) is 108 Å². The normalized spacial score (nSPS) is 13.1. The van der Waals surface area contributed by atoms with Gasteiger partial charge in [0.1, 0.15) is 6.07 Å². The number of carbonyl (C=O) groups excluding carboxylic acids is 1. The molecule has 0 unspecified atom stereocenters. The number of rotatable bonds is 3. The van der Waals surface area contributed by atoms with Crippen LogP contribution in [0.1, 0.15) is 12.5 Å². The fourth-order valence-corrected chi connectivity index (χ4v) is 1.74. The highest BCUT2D eigenvalue weighted by Gasteiger charge is 2.18. The standard InChI is InChI=1S/C13H12N4O3/c1-8(10-6-15-7-10)13(18)16-12-3-2-11(17(19)20)4-9(12)5-14/h2-4,15H,6-7H2,1H3,(H,16,18). The Hall–Kier alpha value is -2.72. The van der Waals surface area contributed by atoms with Crippen molar-refractivity contribution in [2.45, 2.75) is 6.92 Å². The highest BCUT2D eigenvalue weighted by molar-refractivity contribution is 6.04. The van der Waals surface area contributed by atoms with Gasteiger partial charge >= 0.3 is 0 Å². The number of hydrogen-bond acceptors (Lipinski definition) is 5. The maximum atomic E-state index is 12.0. The van der Waals surface area contributed by atoms with Crippen LogP contribution in [0.4, 0.5) is 11.4 Å². The molecule has 0 aromatic heterocycles. The SMILES string of the molecule is CC(C(=O)Nc1ccc([N+](=O)[O-])cc1C#N)=C1CNC1. The van der Waals surface area contributed by atoms with E-state index in [0.29, 0.717) is 18.7 Å². The molecule has 1 saturated heterocycles. The largest absolute Gasteiger partial charge is 0.321 e. The van der Waals surface area contributed by atoms with Crippen molar-refractivity contribution in [3.63, 3.8) is 0 Å². The summed E-state index contributed by atoms with van der Waals surface area (Å²) < 4.78 is 0. The quantitative estimate of drug-likeness (QED) is 0.490. The van der Waals surface area contributed by atoms with E-state index >= 15 is 0 Å². The van der Waals surface area contributed by atoms with E-state index in [1.54, 1.807) is 6.92 Å². The molecule has 1 fully saturated rings. The third-order valence-corrected chi connectivity index (χ3v) is 3.13. The molecule has 20 heavy (non-hydrogen) atoms. The third kappa shape index (κ3) is 2.65. The van der Waals surface area contributed by atoms with Crippen molar-refractivity contribution in [2.24, 2.45) is 0 Å². The van der Waals surface area contributed by atoms with Gasteiger partial charge in [0.25, 0.3) is 11.6 Å². The van der Waals surface area contributed by atoms with E-state index in [1.165, 1.54) is 12.1 Å². The summed E-state index contributed by atoms with van der Waals surface area (Å²) in [5.41, 5.74) is 1.78. The first-order valence-electron chi connectivity index (χ1n) is 5.92. The van der Waals surface area contributed by atoms with Gasteiger partial charge in [-0.1, -0.05) is 0 Å². The van der Waals surface area contributed by atoms with Gasteiger partial charge in [-0.05, 0) is 18.6 Å². The van der Waals surface area contributed by atoms with E-state index in [2.05, 4.69) is 10.6 Å². The van der Waals surface area contributed by atoms with Crippen LogP contribution in [0, 0.1) is 21.4 Å². The molecule has 2 N–H and O–H groups in total. The van der Waals surface area contributed by atoms with Crippen molar-refractivity contribution in [3.8, 4) is 6.07 Å². The molecule has 7 nitrogen and oxygen atoms in total. The molecule has 2 rings (SSSR count). The van der Waals surface area contributed by atoms with E-state index in [4.69, 9.17) is 5.26 Å². The number of carbonyl (C=O) groups is 1. The van der Waals surface area contributed by atoms with Gasteiger partial charge in [-0.15, -0.1) is 0 Å². The van der Waals surface area contributed by atoms with Crippen LogP contribution >= 0.6 is 0 Å². The summed E-state index contributed by atoms with van der Waals surface area (Å²) in [4.78, 5) is 22.1. The Morgan fingerprint density at radius 3 is 2.70 bits per heavy atom. The zero-order chi connectivity index (χ0) is 14.7. The summed E-state index contributed by atoms with van der Waals surface area (Å²) in [6.45, 7) is 3.08. The first-order valence-corrected chi connectivity index (χ1v) is 5.92. The van der Waals surface area contributed by atoms with Gasteiger partial charge in [-0.3, -0.25) is 14.9 Å². The minimum absolute atomic E-state index is 0.0667. The first-order chi connectivity index (χ1) is 9.52. The number of hydrogen-bond donors (Lipinski definition) is 2. The number of nitrogens with one attached hydrogen (secondary N) is 2. The molecule has 0 saturated carbocycles. The molecular formula is C13H12N4O3. The molecule has 1 aliphatic rings. The smallest absolute Gasteiger partial charge is 0.270 e. The maximum Gasteiger partial charge on any atom is 0.270 e. The molecule has 0 spiro atoms. The Kier molecular flexibility index (Phi) is 3.77. The minimum atomic E-state index is -0.584. The molecule has 0 atom stereocenters. The molecular weight excluding hydrogens is 260 g/mol. The van der Waals surface area contributed by atoms with Gasteiger partial charge in [-0.25, -0.2) is 0 Å². The number of nitriles is 1. The Bertz CT molecular complexity index is 652.